The summed E-state index contributed by atoms with van der Waals surface area (Å²) in [5.74, 6) is -4.23. The fraction of sp³-hybridized carbons (Fsp3) is 0.667. The van der Waals surface area contributed by atoms with Crippen LogP contribution in [0.25, 0.3) is 0 Å². The van der Waals surface area contributed by atoms with Crippen LogP contribution in [0.15, 0.2) is 12.2 Å². The molecule has 0 aromatic rings. The Labute approximate surface area is 123 Å². The average Bonchev–Trinajstić information content (AvgIpc) is 2.37. The summed E-state index contributed by atoms with van der Waals surface area (Å²) in [5.41, 5.74) is 0.319. The molecular weight excluding hydrogens is 276 g/mol. The van der Waals surface area contributed by atoms with E-state index in [4.69, 9.17) is 14.9 Å². The average molecular weight is 298 g/mol. The molecule has 1 aliphatic carbocycles. The minimum absolute atomic E-state index is 0.0506. The predicted octanol–water partition coefficient (Wildman–Crippen LogP) is 2.09. The molecule has 6 nitrogen and oxygen atoms in total. The van der Waals surface area contributed by atoms with Crippen molar-refractivity contribution in [3.05, 3.63) is 12.2 Å². The monoisotopic (exact) mass is 298 g/mol. The highest BCUT2D eigenvalue weighted by molar-refractivity contribution is 5.87. The van der Waals surface area contributed by atoms with Gasteiger partial charge in [0.15, 0.2) is 0 Å². The number of esters is 1. The van der Waals surface area contributed by atoms with E-state index < -0.39 is 29.7 Å². The first-order valence-corrected chi connectivity index (χ1v) is 7.04. The summed E-state index contributed by atoms with van der Waals surface area (Å²) in [6, 6.07) is 0. The molecule has 1 saturated carbocycles. The molecule has 1 fully saturated rings. The van der Waals surface area contributed by atoms with Crippen LogP contribution in [-0.4, -0.2) is 34.2 Å². The van der Waals surface area contributed by atoms with E-state index >= 15 is 0 Å². The molecule has 6 heteroatoms. The van der Waals surface area contributed by atoms with Crippen molar-refractivity contribution in [1.29, 1.82) is 0 Å². The second-order valence-corrected chi connectivity index (χ2v) is 5.80. The zero-order chi connectivity index (χ0) is 16.2. The Morgan fingerprint density at radius 1 is 1.19 bits per heavy atom. The highest BCUT2D eigenvalue weighted by Crippen LogP contribution is 2.37. The van der Waals surface area contributed by atoms with Crippen molar-refractivity contribution in [2.45, 2.75) is 45.6 Å². The van der Waals surface area contributed by atoms with E-state index in [1.54, 1.807) is 13.8 Å². The molecule has 0 amide bonds. The van der Waals surface area contributed by atoms with Gasteiger partial charge in [-0.25, -0.2) is 4.79 Å². The third-order valence-electron chi connectivity index (χ3n) is 3.92. The van der Waals surface area contributed by atoms with Gasteiger partial charge in [0.1, 0.15) is 0 Å². The van der Waals surface area contributed by atoms with Gasteiger partial charge in [-0.05, 0) is 45.4 Å². The highest BCUT2D eigenvalue weighted by atomic mass is 16.5. The fourth-order valence-corrected chi connectivity index (χ4v) is 2.84. The van der Waals surface area contributed by atoms with Crippen LogP contribution < -0.4 is 0 Å². The van der Waals surface area contributed by atoms with Gasteiger partial charge in [-0.2, -0.15) is 0 Å². The molecule has 0 bridgehead atoms. The Hall–Kier alpha value is -1.85. The van der Waals surface area contributed by atoms with Crippen molar-refractivity contribution >= 4 is 17.9 Å². The number of rotatable bonds is 6. The lowest BCUT2D eigenvalue weighted by Crippen LogP contribution is -2.36. The van der Waals surface area contributed by atoms with Gasteiger partial charge in [-0.3, -0.25) is 9.59 Å². The van der Waals surface area contributed by atoms with Crippen molar-refractivity contribution in [3.8, 4) is 0 Å². The number of carboxylic acids is 2. The summed E-state index contributed by atoms with van der Waals surface area (Å²) in [5, 5.41) is 18.2. The van der Waals surface area contributed by atoms with E-state index in [0.29, 0.717) is 31.3 Å². The number of aliphatic carboxylic acids is 2. The van der Waals surface area contributed by atoms with E-state index in [1.165, 1.54) is 0 Å². The molecular formula is C15H22O6. The summed E-state index contributed by atoms with van der Waals surface area (Å²) >= 11 is 0. The number of carbonyl (C=O) groups is 3. The predicted molar refractivity (Wildman–Crippen MR) is 74.6 cm³/mol. The molecule has 0 saturated heterocycles. The zero-order valence-corrected chi connectivity index (χ0v) is 12.4. The smallest absolute Gasteiger partial charge is 0.333 e. The summed E-state index contributed by atoms with van der Waals surface area (Å²) in [7, 11) is 0. The maximum absolute atomic E-state index is 11.4. The normalized spacial score (nSPS) is 26.7. The van der Waals surface area contributed by atoms with Gasteiger partial charge in [0, 0.05) is 5.57 Å². The lowest BCUT2D eigenvalue weighted by atomic mass is 9.72. The van der Waals surface area contributed by atoms with Gasteiger partial charge >= 0.3 is 17.9 Å². The Bertz CT molecular complexity index is 441. The second kappa shape index (κ2) is 7.24. The molecule has 0 radical (unpaired) electrons. The van der Waals surface area contributed by atoms with Crippen LogP contribution in [0.1, 0.15) is 39.5 Å². The number of carboxylic acid groups (broad SMARTS) is 2. The molecule has 1 aliphatic rings. The molecule has 4 unspecified atom stereocenters. The number of ether oxygens (including phenoxy) is 1. The quantitative estimate of drug-likeness (QED) is 0.575. The summed E-state index contributed by atoms with van der Waals surface area (Å²) in [4.78, 5) is 33.7. The van der Waals surface area contributed by atoms with Crippen molar-refractivity contribution < 1.29 is 29.3 Å². The fourth-order valence-electron chi connectivity index (χ4n) is 2.84. The standard InChI is InChI=1S/C15H22O6/c1-8(2)15(20)21-9(3)6-10-4-5-11(13(16)17)12(7-10)14(18)19/h9-12H,1,4-7H2,2-3H3,(H,16,17)(H,18,19). The first kappa shape index (κ1) is 17.2. The van der Waals surface area contributed by atoms with Crippen LogP contribution >= 0.6 is 0 Å². The highest BCUT2D eigenvalue weighted by Gasteiger charge is 2.39. The first-order chi connectivity index (χ1) is 9.72. The molecule has 0 spiro atoms. The Morgan fingerprint density at radius 3 is 2.24 bits per heavy atom. The van der Waals surface area contributed by atoms with Gasteiger partial charge in [0.05, 0.1) is 17.9 Å². The number of carbonyl (C=O) groups excluding carboxylic acids is 1. The molecule has 118 valence electrons. The van der Waals surface area contributed by atoms with E-state index in [0.717, 1.165) is 0 Å². The second-order valence-electron chi connectivity index (χ2n) is 5.80. The van der Waals surface area contributed by atoms with Gasteiger partial charge in [0.2, 0.25) is 0 Å². The molecule has 0 aromatic carbocycles. The maximum Gasteiger partial charge on any atom is 0.333 e. The van der Waals surface area contributed by atoms with E-state index in [2.05, 4.69) is 6.58 Å². The van der Waals surface area contributed by atoms with Crippen LogP contribution in [0.5, 0.6) is 0 Å². The van der Waals surface area contributed by atoms with E-state index in [9.17, 15) is 14.4 Å². The third kappa shape index (κ3) is 4.88. The van der Waals surface area contributed by atoms with Crippen molar-refractivity contribution in [3.63, 3.8) is 0 Å². The molecule has 4 atom stereocenters. The minimum atomic E-state index is -1.07. The van der Waals surface area contributed by atoms with Crippen LogP contribution in [0.4, 0.5) is 0 Å². The lowest BCUT2D eigenvalue weighted by molar-refractivity contribution is -0.157. The van der Waals surface area contributed by atoms with Crippen LogP contribution in [0.3, 0.4) is 0 Å². The number of hydrogen-bond acceptors (Lipinski definition) is 4. The summed E-state index contributed by atoms with van der Waals surface area (Å²) < 4.78 is 5.18. The van der Waals surface area contributed by atoms with Crippen molar-refractivity contribution in [1.82, 2.24) is 0 Å². The molecule has 2 N–H and O–H groups in total. The van der Waals surface area contributed by atoms with E-state index in [1.807, 2.05) is 0 Å². The third-order valence-corrected chi connectivity index (χ3v) is 3.92. The molecule has 1 rings (SSSR count). The van der Waals surface area contributed by atoms with Crippen LogP contribution in [0, 0.1) is 17.8 Å². The van der Waals surface area contributed by atoms with Gasteiger partial charge in [-0.1, -0.05) is 6.58 Å². The lowest BCUT2D eigenvalue weighted by Gasteiger charge is -2.32. The summed E-state index contributed by atoms with van der Waals surface area (Å²) in [6.45, 7) is 6.81. The maximum atomic E-state index is 11.4. The largest absolute Gasteiger partial charge is 0.481 e. The minimum Gasteiger partial charge on any atom is -0.481 e. The Kier molecular flexibility index (Phi) is 5.93. The SMILES string of the molecule is C=C(C)C(=O)OC(C)CC1CCC(C(=O)O)C(C(=O)O)C1. The van der Waals surface area contributed by atoms with Crippen LogP contribution in [0.2, 0.25) is 0 Å². The molecule has 0 aromatic heterocycles. The van der Waals surface area contributed by atoms with Crippen molar-refractivity contribution in [2.75, 3.05) is 0 Å². The Morgan fingerprint density at radius 2 is 1.76 bits per heavy atom. The topological polar surface area (TPSA) is 101 Å². The first-order valence-electron chi connectivity index (χ1n) is 7.04. The zero-order valence-electron chi connectivity index (χ0n) is 12.4. The van der Waals surface area contributed by atoms with E-state index in [-0.39, 0.29) is 12.0 Å². The molecule has 21 heavy (non-hydrogen) atoms. The van der Waals surface area contributed by atoms with Crippen LogP contribution in [-0.2, 0) is 19.1 Å². The van der Waals surface area contributed by atoms with Crippen molar-refractivity contribution in [2.24, 2.45) is 17.8 Å². The van der Waals surface area contributed by atoms with Gasteiger partial charge < -0.3 is 14.9 Å². The molecule has 0 aliphatic heterocycles. The number of hydrogen-bond donors (Lipinski definition) is 2. The molecule has 0 heterocycles. The Balaban J connectivity index is 2.58. The van der Waals surface area contributed by atoms with Gasteiger partial charge in [-0.15, -0.1) is 0 Å². The van der Waals surface area contributed by atoms with Gasteiger partial charge in [0.25, 0.3) is 0 Å². The summed E-state index contributed by atoms with van der Waals surface area (Å²) in [6.07, 6.45) is 1.49.